The number of nitrogens with zero attached hydrogens (tertiary/aromatic N) is 1. The second-order valence-electron chi connectivity index (χ2n) is 6.63. The summed E-state index contributed by atoms with van der Waals surface area (Å²) in [6.45, 7) is 2.69. The summed E-state index contributed by atoms with van der Waals surface area (Å²) < 4.78 is 42.4. The van der Waals surface area contributed by atoms with Gasteiger partial charge in [-0.15, -0.1) is 0 Å². The van der Waals surface area contributed by atoms with Gasteiger partial charge in [0.1, 0.15) is 31.6 Å². The van der Waals surface area contributed by atoms with Crippen LogP contribution in [0.25, 0.3) is 0 Å². The molecule has 162 valence electrons. The molecule has 1 unspecified atom stereocenters. The number of anilines is 1. The van der Waals surface area contributed by atoms with E-state index in [0.717, 1.165) is 10.6 Å². The molecule has 0 saturated heterocycles. The molecule has 2 aromatic rings. The van der Waals surface area contributed by atoms with Crippen LogP contribution in [0.5, 0.6) is 17.2 Å². The van der Waals surface area contributed by atoms with E-state index in [9.17, 15) is 13.2 Å². The van der Waals surface area contributed by atoms with E-state index < -0.39 is 22.0 Å². The van der Waals surface area contributed by atoms with Crippen LogP contribution in [-0.2, 0) is 14.8 Å². The zero-order valence-electron chi connectivity index (χ0n) is 16.6. The first-order valence-corrected chi connectivity index (χ1v) is 11.5. The van der Waals surface area contributed by atoms with E-state index in [1.54, 1.807) is 42.5 Å². The third-order valence-corrected chi connectivity index (χ3v) is 5.92. The summed E-state index contributed by atoms with van der Waals surface area (Å²) in [6.07, 6.45) is 1.05. The first kappa shape index (κ1) is 22.0. The Kier molecular flexibility index (Phi) is 6.94. The predicted octanol–water partition coefficient (Wildman–Crippen LogP) is 2.46. The van der Waals surface area contributed by atoms with E-state index in [1.165, 1.54) is 6.92 Å². The highest BCUT2D eigenvalue weighted by Gasteiger charge is 2.30. The number of fused-ring (bicyclic) bond motifs is 1. The summed E-state index contributed by atoms with van der Waals surface area (Å²) in [7, 11) is -3.74. The van der Waals surface area contributed by atoms with Gasteiger partial charge in [-0.1, -0.05) is 23.7 Å². The number of benzene rings is 2. The van der Waals surface area contributed by atoms with Crippen LogP contribution in [0.2, 0.25) is 5.02 Å². The summed E-state index contributed by atoms with van der Waals surface area (Å²) in [4.78, 5) is 12.6. The van der Waals surface area contributed by atoms with E-state index >= 15 is 0 Å². The molecule has 0 fully saturated rings. The minimum atomic E-state index is -3.74. The molecule has 0 radical (unpaired) electrons. The first-order valence-electron chi connectivity index (χ1n) is 9.31. The number of hydrogen-bond donors (Lipinski definition) is 1. The zero-order chi connectivity index (χ0) is 21.7. The molecule has 0 aromatic heterocycles. The van der Waals surface area contributed by atoms with Crippen molar-refractivity contribution in [2.45, 2.75) is 13.0 Å². The fourth-order valence-electron chi connectivity index (χ4n) is 3.02. The van der Waals surface area contributed by atoms with Gasteiger partial charge < -0.3 is 19.5 Å². The van der Waals surface area contributed by atoms with Crippen LogP contribution in [0.3, 0.4) is 0 Å². The lowest BCUT2D eigenvalue weighted by molar-refractivity contribution is -0.121. The molecule has 1 heterocycles. The van der Waals surface area contributed by atoms with Crippen LogP contribution >= 0.6 is 11.6 Å². The van der Waals surface area contributed by atoms with E-state index in [0.29, 0.717) is 41.2 Å². The maximum atomic E-state index is 12.6. The Bertz CT molecular complexity index is 1010. The SMILES string of the molecule is CC(C(=O)NCCOc1ccccc1Cl)N(c1ccc2c(c1)OCCO2)S(C)(=O)=O. The Balaban J connectivity index is 1.66. The Morgan fingerprint density at radius 3 is 2.60 bits per heavy atom. The van der Waals surface area contributed by atoms with E-state index in [-0.39, 0.29) is 13.2 Å². The van der Waals surface area contributed by atoms with Gasteiger partial charge in [0.05, 0.1) is 23.5 Å². The van der Waals surface area contributed by atoms with Crippen molar-refractivity contribution in [3.05, 3.63) is 47.5 Å². The average molecular weight is 455 g/mol. The smallest absolute Gasteiger partial charge is 0.243 e. The minimum absolute atomic E-state index is 0.186. The molecule has 30 heavy (non-hydrogen) atoms. The molecule has 1 aliphatic rings. The molecule has 0 saturated carbocycles. The topological polar surface area (TPSA) is 94.2 Å². The van der Waals surface area contributed by atoms with E-state index in [2.05, 4.69) is 5.32 Å². The molecule has 10 heteroatoms. The van der Waals surface area contributed by atoms with Gasteiger partial charge in [0.2, 0.25) is 15.9 Å². The largest absolute Gasteiger partial charge is 0.490 e. The van der Waals surface area contributed by atoms with Crippen molar-refractivity contribution in [2.75, 3.05) is 36.9 Å². The van der Waals surface area contributed by atoms with Gasteiger partial charge in [0.15, 0.2) is 11.5 Å². The Hall–Kier alpha value is -2.65. The molecule has 1 amide bonds. The summed E-state index contributed by atoms with van der Waals surface area (Å²) in [5, 5.41) is 3.16. The number of carbonyl (C=O) groups is 1. The Labute approximate surface area is 180 Å². The van der Waals surface area contributed by atoms with Crippen molar-refractivity contribution in [3.8, 4) is 17.2 Å². The number of rotatable bonds is 8. The molecule has 3 rings (SSSR count). The van der Waals surface area contributed by atoms with Crippen LogP contribution in [0.15, 0.2) is 42.5 Å². The summed E-state index contributed by atoms with van der Waals surface area (Å²) in [5.41, 5.74) is 0.316. The monoisotopic (exact) mass is 454 g/mol. The molecule has 0 bridgehead atoms. The summed E-state index contributed by atoms with van der Waals surface area (Å²) >= 11 is 6.02. The quantitative estimate of drug-likeness (QED) is 0.616. The summed E-state index contributed by atoms with van der Waals surface area (Å²) in [6, 6.07) is 10.8. The van der Waals surface area contributed by atoms with Crippen molar-refractivity contribution in [1.82, 2.24) is 5.32 Å². The number of para-hydroxylation sites is 1. The second kappa shape index (κ2) is 9.44. The van der Waals surface area contributed by atoms with Crippen LogP contribution in [0, 0.1) is 0 Å². The van der Waals surface area contributed by atoms with Crippen LogP contribution in [-0.4, -0.2) is 53.0 Å². The second-order valence-corrected chi connectivity index (χ2v) is 8.90. The van der Waals surface area contributed by atoms with Crippen molar-refractivity contribution in [2.24, 2.45) is 0 Å². The van der Waals surface area contributed by atoms with Gasteiger partial charge in [-0.25, -0.2) is 8.42 Å². The number of halogens is 1. The number of sulfonamides is 1. The lowest BCUT2D eigenvalue weighted by Crippen LogP contribution is -2.48. The first-order chi connectivity index (χ1) is 14.3. The predicted molar refractivity (Wildman–Crippen MR) is 114 cm³/mol. The van der Waals surface area contributed by atoms with Gasteiger partial charge >= 0.3 is 0 Å². The van der Waals surface area contributed by atoms with Crippen LogP contribution < -0.4 is 23.8 Å². The Morgan fingerprint density at radius 2 is 1.90 bits per heavy atom. The third kappa shape index (κ3) is 5.28. The number of hydrogen-bond acceptors (Lipinski definition) is 6. The number of ether oxygens (including phenoxy) is 3. The van der Waals surface area contributed by atoms with E-state index in [4.69, 9.17) is 25.8 Å². The highest BCUT2D eigenvalue weighted by Crippen LogP contribution is 2.35. The van der Waals surface area contributed by atoms with Gasteiger partial charge in [-0.3, -0.25) is 9.10 Å². The van der Waals surface area contributed by atoms with Gasteiger partial charge in [0, 0.05) is 6.07 Å². The van der Waals surface area contributed by atoms with Crippen LogP contribution in [0.4, 0.5) is 5.69 Å². The normalized spacial score (nSPS) is 14.0. The number of nitrogens with one attached hydrogen (secondary N) is 1. The average Bonchev–Trinajstić information content (AvgIpc) is 2.71. The fourth-order valence-corrected chi connectivity index (χ4v) is 4.38. The van der Waals surface area contributed by atoms with Crippen molar-refractivity contribution >= 4 is 33.2 Å². The van der Waals surface area contributed by atoms with E-state index in [1.807, 2.05) is 0 Å². The molecular weight excluding hydrogens is 432 g/mol. The van der Waals surface area contributed by atoms with Gasteiger partial charge in [0.25, 0.3) is 0 Å². The lowest BCUT2D eigenvalue weighted by atomic mass is 10.2. The fraction of sp³-hybridized carbons (Fsp3) is 0.350. The molecular formula is C20H23ClN2O6S. The maximum Gasteiger partial charge on any atom is 0.243 e. The third-order valence-electron chi connectivity index (χ3n) is 4.36. The van der Waals surface area contributed by atoms with Crippen molar-refractivity contribution in [3.63, 3.8) is 0 Å². The number of amides is 1. The highest BCUT2D eigenvalue weighted by molar-refractivity contribution is 7.92. The minimum Gasteiger partial charge on any atom is -0.490 e. The van der Waals surface area contributed by atoms with Crippen molar-refractivity contribution < 1.29 is 27.4 Å². The molecule has 1 N–H and O–H groups in total. The summed E-state index contributed by atoms with van der Waals surface area (Å²) in [5.74, 6) is 1.02. The molecule has 1 aliphatic heterocycles. The molecule has 0 aliphatic carbocycles. The molecule has 1 atom stereocenters. The van der Waals surface area contributed by atoms with Gasteiger partial charge in [-0.05, 0) is 31.2 Å². The van der Waals surface area contributed by atoms with Crippen molar-refractivity contribution in [1.29, 1.82) is 0 Å². The molecule has 2 aromatic carbocycles. The van der Waals surface area contributed by atoms with Crippen LogP contribution in [0.1, 0.15) is 6.92 Å². The lowest BCUT2D eigenvalue weighted by Gasteiger charge is -2.29. The van der Waals surface area contributed by atoms with Gasteiger partial charge in [-0.2, -0.15) is 0 Å². The highest BCUT2D eigenvalue weighted by atomic mass is 35.5. The maximum absolute atomic E-state index is 12.6. The Morgan fingerprint density at radius 1 is 1.20 bits per heavy atom. The molecule has 8 nitrogen and oxygen atoms in total. The standard InChI is InChI=1S/C20H23ClN2O6S/c1-14(20(24)22-9-10-27-17-6-4-3-5-16(17)21)23(30(2,25)26)15-7-8-18-19(13-15)29-12-11-28-18/h3-8,13-14H,9-12H2,1-2H3,(H,22,24). The molecule has 0 spiro atoms. The zero-order valence-corrected chi connectivity index (χ0v) is 18.2. The number of carbonyl (C=O) groups excluding carboxylic acids is 1.